The van der Waals surface area contributed by atoms with E-state index >= 15 is 0 Å². The molecule has 0 aromatic heterocycles. The molecule has 0 aromatic carbocycles. The van der Waals surface area contributed by atoms with Crippen LogP contribution in [0.1, 0.15) is 27.7 Å². The van der Waals surface area contributed by atoms with E-state index in [2.05, 4.69) is 57.4 Å². The summed E-state index contributed by atoms with van der Waals surface area (Å²) in [5, 5.41) is 3.30. The lowest BCUT2D eigenvalue weighted by Gasteiger charge is -2.26. The second-order valence-corrected chi connectivity index (χ2v) is 4.86. The first-order valence-electron chi connectivity index (χ1n) is 4.53. The van der Waals surface area contributed by atoms with E-state index in [1.807, 2.05) is 0 Å². The quantitative estimate of drug-likeness (QED) is 0.544. The first kappa shape index (κ1) is 9.37. The zero-order valence-electron chi connectivity index (χ0n) is 8.52. The van der Waals surface area contributed by atoms with Gasteiger partial charge in [0, 0.05) is 12.0 Å². The lowest BCUT2D eigenvalue weighted by atomic mass is 9.85. The third kappa shape index (κ3) is 2.72. The highest BCUT2D eigenvalue weighted by Crippen LogP contribution is 2.25. The average molecular weight is 165 g/mol. The van der Waals surface area contributed by atoms with Gasteiger partial charge in [-0.3, -0.25) is 0 Å². The molecule has 0 saturated carbocycles. The van der Waals surface area contributed by atoms with Crippen LogP contribution in [-0.2, 0) is 0 Å². The molecule has 0 fully saturated rings. The Morgan fingerprint density at radius 1 is 1.00 bits per heavy atom. The SMILES string of the molecule is CC1(C)C=CC(C)(C)CN/C=C\1. The largest absolute Gasteiger partial charge is 0.390 e. The molecule has 68 valence electrons. The van der Waals surface area contributed by atoms with Crippen molar-refractivity contribution in [3.63, 3.8) is 0 Å². The van der Waals surface area contributed by atoms with Gasteiger partial charge in [0.15, 0.2) is 0 Å². The Balaban J connectivity index is 2.81. The molecule has 0 radical (unpaired) electrons. The molecule has 1 aliphatic heterocycles. The lowest BCUT2D eigenvalue weighted by molar-refractivity contribution is 0.446. The summed E-state index contributed by atoms with van der Waals surface area (Å²) in [6, 6.07) is 0. The molecule has 0 aliphatic carbocycles. The molecule has 1 rings (SSSR count). The van der Waals surface area contributed by atoms with Gasteiger partial charge in [0.25, 0.3) is 0 Å². The maximum Gasteiger partial charge on any atom is 0.0227 e. The summed E-state index contributed by atoms with van der Waals surface area (Å²) < 4.78 is 0. The van der Waals surface area contributed by atoms with Gasteiger partial charge >= 0.3 is 0 Å². The van der Waals surface area contributed by atoms with Gasteiger partial charge in [-0.1, -0.05) is 45.9 Å². The Hall–Kier alpha value is -0.720. The molecular weight excluding hydrogens is 146 g/mol. The highest BCUT2D eigenvalue weighted by atomic mass is 14.8. The molecule has 1 aliphatic rings. The van der Waals surface area contributed by atoms with Crippen molar-refractivity contribution in [2.24, 2.45) is 10.8 Å². The van der Waals surface area contributed by atoms with E-state index in [1.165, 1.54) is 0 Å². The van der Waals surface area contributed by atoms with E-state index < -0.39 is 0 Å². The molecule has 0 amide bonds. The highest BCUT2D eigenvalue weighted by molar-refractivity contribution is 5.12. The van der Waals surface area contributed by atoms with Gasteiger partial charge < -0.3 is 5.32 Å². The summed E-state index contributed by atoms with van der Waals surface area (Å²) in [5.74, 6) is 0. The Bertz CT molecular complexity index is 209. The number of hydrogen-bond donors (Lipinski definition) is 1. The second-order valence-electron chi connectivity index (χ2n) is 4.86. The third-order valence-electron chi connectivity index (χ3n) is 2.15. The molecule has 1 nitrogen and oxygen atoms in total. The van der Waals surface area contributed by atoms with Gasteiger partial charge in [0.2, 0.25) is 0 Å². The number of nitrogens with one attached hydrogen (secondary N) is 1. The minimum Gasteiger partial charge on any atom is -0.390 e. The van der Waals surface area contributed by atoms with Gasteiger partial charge in [-0.25, -0.2) is 0 Å². The fourth-order valence-corrected chi connectivity index (χ4v) is 1.15. The maximum atomic E-state index is 3.30. The molecule has 1 heterocycles. The fourth-order valence-electron chi connectivity index (χ4n) is 1.15. The summed E-state index contributed by atoms with van der Waals surface area (Å²) in [5.41, 5.74) is 0.451. The summed E-state index contributed by atoms with van der Waals surface area (Å²) in [6.45, 7) is 9.92. The van der Waals surface area contributed by atoms with Crippen LogP contribution in [0.2, 0.25) is 0 Å². The van der Waals surface area contributed by atoms with Crippen LogP contribution < -0.4 is 5.32 Å². The van der Waals surface area contributed by atoms with Crippen molar-refractivity contribution in [3.05, 3.63) is 24.4 Å². The summed E-state index contributed by atoms with van der Waals surface area (Å²) in [6.07, 6.45) is 8.83. The summed E-state index contributed by atoms with van der Waals surface area (Å²) in [4.78, 5) is 0. The van der Waals surface area contributed by atoms with Gasteiger partial charge in [-0.2, -0.15) is 0 Å². The number of rotatable bonds is 0. The van der Waals surface area contributed by atoms with Crippen molar-refractivity contribution < 1.29 is 0 Å². The molecule has 0 bridgehead atoms. The first-order valence-corrected chi connectivity index (χ1v) is 4.53. The molecule has 1 N–H and O–H groups in total. The molecule has 12 heavy (non-hydrogen) atoms. The number of hydrogen-bond acceptors (Lipinski definition) is 1. The topological polar surface area (TPSA) is 12.0 Å². The monoisotopic (exact) mass is 165 g/mol. The summed E-state index contributed by atoms with van der Waals surface area (Å²) >= 11 is 0. The van der Waals surface area contributed by atoms with Crippen molar-refractivity contribution in [1.29, 1.82) is 0 Å². The summed E-state index contributed by atoms with van der Waals surface area (Å²) in [7, 11) is 0. The normalized spacial score (nSPS) is 28.3. The van der Waals surface area contributed by atoms with Crippen LogP contribution in [0.25, 0.3) is 0 Å². The van der Waals surface area contributed by atoms with Crippen LogP contribution >= 0.6 is 0 Å². The predicted octanol–water partition coefficient (Wildman–Crippen LogP) is 2.71. The molecule has 0 atom stereocenters. The van der Waals surface area contributed by atoms with Crippen molar-refractivity contribution >= 4 is 0 Å². The zero-order valence-corrected chi connectivity index (χ0v) is 8.52. The van der Waals surface area contributed by atoms with Crippen LogP contribution in [0.4, 0.5) is 0 Å². The van der Waals surface area contributed by atoms with E-state index in [-0.39, 0.29) is 10.8 Å². The van der Waals surface area contributed by atoms with Crippen LogP contribution in [0.5, 0.6) is 0 Å². The van der Waals surface area contributed by atoms with Gasteiger partial charge in [0.05, 0.1) is 0 Å². The van der Waals surface area contributed by atoms with Gasteiger partial charge in [-0.15, -0.1) is 0 Å². The van der Waals surface area contributed by atoms with E-state index in [1.54, 1.807) is 0 Å². The van der Waals surface area contributed by atoms with Crippen LogP contribution in [0.15, 0.2) is 24.4 Å². The van der Waals surface area contributed by atoms with Crippen molar-refractivity contribution in [3.8, 4) is 0 Å². The smallest absolute Gasteiger partial charge is 0.0227 e. The molecule has 0 aromatic rings. The molecular formula is C11H19N. The highest BCUT2D eigenvalue weighted by Gasteiger charge is 2.17. The second kappa shape index (κ2) is 2.96. The van der Waals surface area contributed by atoms with E-state index in [0.717, 1.165) is 6.54 Å². The van der Waals surface area contributed by atoms with Crippen molar-refractivity contribution in [2.75, 3.05) is 6.54 Å². The van der Waals surface area contributed by atoms with Crippen LogP contribution in [-0.4, -0.2) is 6.54 Å². The Morgan fingerprint density at radius 3 is 2.33 bits per heavy atom. The Kier molecular flexibility index (Phi) is 2.31. The zero-order chi connectivity index (χ0) is 9.24. The molecule has 1 heteroatoms. The average Bonchev–Trinajstić information content (AvgIpc) is 1.94. The van der Waals surface area contributed by atoms with Crippen LogP contribution in [0, 0.1) is 10.8 Å². The van der Waals surface area contributed by atoms with Crippen LogP contribution in [0.3, 0.4) is 0 Å². The molecule has 0 spiro atoms. The predicted molar refractivity (Wildman–Crippen MR) is 53.8 cm³/mol. The Morgan fingerprint density at radius 2 is 1.67 bits per heavy atom. The van der Waals surface area contributed by atoms with E-state index in [4.69, 9.17) is 0 Å². The Labute approximate surface area is 75.6 Å². The molecule has 0 saturated heterocycles. The maximum absolute atomic E-state index is 3.30. The van der Waals surface area contributed by atoms with Gasteiger partial charge in [-0.05, 0) is 11.6 Å². The third-order valence-corrected chi connectivity index (χ3v) is 2.15. The van der Waals surface area contributed by atoms with Crippen molar-refractivity contribution in [2.45, 2.75) is 27.7 Å². The standard InChI is InChI=1S/C11H19N/c1-10(2)5-6-11(3,4)9-12-8-7-10/h5-8,12H,9H2,1-4H3/b6-5?,8-7-. The van der Waals surface area contributed by atoms with Gasteiger partial charge in [0.1, 0.15) is 0 Å². The van der Waals surface area contributed by atoms with E-state index in [9.17, 15) is 0 Å². The van der Waals surface area contributed by atoms with E-state index in [0.29, 0.717) is 0 Å². The number of allylic oxidation sites excluding steroid dienone is 2. The lowest BCUT2D eigenvalue weighted by Crippen LogP contribution is -2.26. The van der Waals surface area contributed by atoms with Crippen molar-refractivity contribution in [1.82, 2.24) is 5.32 Å². The minimum absolute atomic E-state index is 0.185. The first-order chi connectivity index (χ1) is 5.41. The molecule has 0 unspecified atom stereocenters. The fraction of sp³-hybridized carbons (Fsp3) is 0.636. The minimum atomic E-state index is 0.185.